The van der Waals surface area contributed by atoms with Gasteiger partial charge in [-0.1, -0.05) is 35.9 Å². The van der Waals surface area contributed by atoms with Crippen molar-refractivity contribution < 1.29 is 14.3 Å². The molecular weight excluding hydrogens is 352 g/mol. The third-order valence-corrected chi connectivity index (χ3v) is 4.89. The van der Waals surface area contributed by atoms with Crippen LogP contribution in [0.5, 0.6) is 5.75 Å². The smallest absolute Gasteiger partial charge is 0.229 e. The number of ether oxygens (including phenoxy) is 1. The van der Waals surface area contributed by atoms with Crippen molar-refractivity contribution in [1.82, 2.24) is 4.90 Å². The van der Waals surface area contributed by atoms with E-state index in [-0.39, 0.29) is 18.2 Å². The maximum Gasteiger partial charge on any atom is 0.229 e. The number of hydrogen-bond acceptors (Lipinski definition) is 3. The Hall–Kier alpha value is -2.53. The van der Waals surface area contributed by atoms with Crippen molar-refractivity contribution in [2.24, 2.45) is 5.92 Å². The van der Waals surface area contributed by atoms with Crippen molar-refractivity contribution in [2.75, 3.05) is 19.0 Å². The number of aryl methyl sites for hydroxylation is 1. The van der Waals surface area contributed by atoms with Crippen LogP contribution in [-0.2, 0) is 16.1 Å². The van der Waals surface area contributed by atoms with Gasteiger partial charge >= 0.3 is 0 Å². The zero-order valence-corrected chi connectivity index (χ0v) is 15.5. The summed E-state index contributed by atoms with van der Waals surface area (Å²) in [6.07, 6.45) is 0.199. The van der Waals surface area contributed by atoms with Gasteiger partial charge in [-0.2, -0.15) is 0 Å². The van der Waals surface area contributed by atoms with Crippen molar-refractivity contribution in [3.63, 3.8) is 0 Å². The Kier molecular flexibility index (Phi) is 5.47. The highest BCUT2D eigenvalue weighted by atomic mass is 35.5. The quantitative estimate of drug-likeness (QED) is 0.871. The van der Waals surface area contributed by atoms with Gasteiger partial charge in [0.1, 0.15) is 5.75 Å². The first kappa shape index (κ1) is 18.3. The van der Waals surface area contributed by atoms with Crippen molar-refractivity contribution >= 4 is 29.1 Å². The average molecular weight is 373 g/mol. The zero-order chi connectivity index (χ0) is 18.7. The number of anilines is 1. The molecule has 0 aliphatic carbocycles. The van der Waals surface area contributed by atoms with E-state index in [0.29, 0.717) is 29.5 Å². The van der Waals surface area contributed by atoms with E-state index in [4.69, 9.17) is 16.3 Å². The number of halogens is 1. The third kappa shape index (κ3) is 3.99. The fraction of sp³-hybridized carbons (Fsp3) is 0.300. The summed E-state index contributed by atoms with van der Waals surface area (Å²) in [7, 11) is 1.56. The van der Waals surface area contributed by atoms with Gasteiger partial charge in [0.15, 0.2) is 0 Å². The van der Waals surface area contributed by atoms with Crippen LogP contribution >= 0.6 is 11.6 Å². The highest BCUT2D eigenvalue weighted by Crippen LogP contribution is 2.28. The molecule has 26 heavy (non-hydrogen) atoms. The standard InChI is InChI=1S/C20H21ClN2O3/c1-13-7-8-18(26-2)17(9-13)22-20(25)15-10-19(24)23(12-15)11-14-5-3-4-6-16(14)21/h3-9,15H,10-12H2,1-2H3,(H,22,25)/t15-/m0/s1. The highest BCUT2D eigenvalue weighted by Gasteiger charge is 2.34. The van der Waals surface area contributed by atoms with Crippen LogP contribution in [0.3, 0.4) is 0 Å². The minimum absolute atomic E-state index is 0.0405. The number of carbonyl (C=O) groups excluding carboxylic acids is 2. The van der Waals surface area contributed by atoms with Crippen LogP contribution in [-0.4, -0.2) is 30.4 Å². The van der Waals surface area contributed by atoms with Crippen molar-refractivity contribution in [3.8, 4) is 5.75 Å². The predicted octanol–water partition coefficient (Wildman–Crippen LogP) is 3.64. The van der Waals surface area contributed by atoms with E-state index in [1.54, 1.807) is 18.1 Å². The molecule has 2 amide bonds. The Labute approximate surface area is 157 Å². The van der Waals surface area contributed by atoms with E-state index < -0.39 is 5.92 Å². The summed E-state index contributed by atoms with van der Waals surface area (Å²) in [4.78, 5) is 26.6. The summed E-state index contributed by atoms with van der Waals surface area (Å²) < 4.78 is 5.29. The second-order valence-corrected chi connectivity index (χ2v) is 6.87. The summed E-state index contributed by atoms with van der Waals surface area (Å²) in [6.45, 7) is 2.74. The number of methoxy groups -OCH3 is 1. The van der Waals surface area contributed by atoms with Gasteiger partial charge in [0.2, 0.25) is 11.8 Å². The van der Waals surface area contributed by atoms with Crippen LogP contribution in [0.2, 0.25) is 5.02 Å². The van der Waals surface area contributed by atoms with E-state index in [2.05, 4.69) is 5.32 Å². The van der Waals surface area contributed by atoms with Crippen LogP contribution in [0, 0.1) is 12.8 Å². The van der Waals surface area contributed by atoms with Gasteiger partial charge in [-0.25, -0.2) is 0 Å². The Bertz CT molecular complexity index is 838. The summed E-state index contributed by atoms with van der Waals surface area (Å²) in [5.74, 6) is -0.0124. The molecule has 2 aromatic carbocycles. The Morgan fingerprint density at radius 2 is 2.08 bits per heavy atom. The summed E-state index contributed by atoms with van der Waals surface area (Å²) >= 11 is 6.17. The highest BCUT2D eigenvalue weighted by molar-refractivity contribution is 6.31. The molecule has 1 atom stereocenters. The van der Waals surface area contributed by atoms with Gasteiger partial charge in [0.05, 0.1) is 18.7 Å². The molecule has 0 bridgehead atoms. The van der Waals surface area contributed by atoms with Crippen molar-refractivity contribution in [2.45, 2.75) is 19.9 Å². The van der Waals surface area contributed by atoms with E-state index in [1.807, 2.05) is 43.3 Å². The summed E-state index contributed by atoms with van der Waals surface area (Å²) in [6, 6.07) is 13.0. The predicted molar refractivity (Wildman–Crippen MR) is 101 cm³/mol. The molecule has 0 spiro atoms. The van der Waals surface area contributed by atoms with E-state index in [0.717, 1.165) is 11.1 Å². The lowest BCUT2D eigenvalue weighted by molar-refractivity contribution is -0.128. The lowest BCUT2D eigenvalue weighted by Crippen LogP contribution is -2.28. The van der Waals surface area contributed by atoms with Crippen LogP contribution in [0.4, 0.5) is 5.69 Å². The van der Waals surface area contributed by atoms with Gasteiger partial charge in [0.25, 0.3) is 0 Å². The Balaban J connectivity index is 1.68. The molecule has 1 fully saturated rings. The third-order valence-electron chi connectivity index (χ3n) is 4.52. The molecule has 1 aliphatic rings. The second-order valence-electron chi connectivity index (χ2n) is 6.46. The molecule has 1 heterocycles. The monoisotopic (exact) mass is 372 g/mol. The van der Waals surface area contributed by atoms with Crippen LogP contribution in [0.1, 0.15) is 17.5 Å². The Morgan fingerprint density at radius 1 is 1.31 bits per heavy atom. The minimum atomic E-state index is -0.393. The van der Waals surface area contributed by atoms with Gasteiger partial charge in [-0.15, -0.1) is 0 Å². The number of benzene rings is 2. The minimum Gasteiger partial charge on any atom is -0.495 e. The van der Waals surface area contributed by atoms with Crippen LogP contribution in [0.25, 0.3) is 0 Å². The molecule has 6 heteroatoms. The van der Waals surface area contributed by atoms with Crippen molar-refractivity contribution in [3.05, 3.63) is 58.6 Å². The fourth-order valence-electron chi connectivity index (χ4n) is 3.09. The molecule has 2 aromatic rings. The number of hydrogen-bond donors (Lipinski definition) is 1. The lowest BCUT2D eigenvalue weighted by Gasteiger charge is -2.18. The first-order valence-corrected chi connectivity index (χ1v) is 8.82. The average Bonchev–Trinajstić information content (AvgIpc) is 2.98. The van der Waals surface area contributed by atoms with Gasteiger partial charge < -0.3 is 15.0 Å². The van der Waals surface area contributed by atoms with E-state index >= 15 is 0 Å². The molecule has 1 aliphatic heterocycles. The van der Waals surface area contributed by atoms with Gasteiger partial charge in [-0.05, 0) is 36.2 Å². The van der Waals surface area contributed by atoms with Crippen LogP contribution in [0.15, 0.2) is 42.5 Å². The second kappa shape index (κ2) is 7.79. The maximum atomic E-state index is 12.6. The molecular formula is C20H21ClN2O3. The Morgan fingerprint density at radius 3 is 2.81 bits per heavy atom. The first-order valence-electron chi connectivity index (χ1n) is 8.44. The molecule has 0 aromatic heterocycles. The number of amides is 2. The summed E-state index contributed by atoms with van der Waals surface area (Å²) in [5, 5.41) is 3.51. The number of rotatable bonds is 5. The van der Waals surface area contributed by atoms with Crippen molar-refractivity contribution in [1.29, 1.82) is 0 Å². The number of nitrogens with one attached hydrogen (secondary N) is 1. The number of carbonyl (C=O) groups is 2. The van der Waals surface area contributed by atoms with Gasteiger partial charge in [-0.3, -0.25) is 9.59 Å². The van der Waals surface area contributed by atoms with E-state index in [1.165, 1.54) is 0 Å². The SMILES string of the molecule is COc1ccc(C)cc1NC(=O)[C@H]1CC(=O)N(Cc2ccccc2Cl)C1. The zero-order valence-electron chi connectivity index (χ0n) is 14.8. The molecule has 136 valence electrons. The summed E-state index contributed by atoms with van der Waals surface area (Å²) in [5.41, 5.74) is 2.52. The molecule has 0 radical (unpaired) electrons. The largest absolute Gasteiger partial charge is 0.495 e. The molecule has 1 N–H and O–H groups in total. The molecule has 0 unspecified atom stereocenters. The fourth-order valence-corrected chi connectivity index (χ4v) is 3.28. The van der Waals surface area contributed by atoms with Gasteiger partial charge in [0, 0.05) is 24.5 Å². The first-order chi connectivity index (χ1) is 12.5. The topological polar surface area (TPSA) is 58.6 Å². The molecule has 1 saturated heterocycles. The normalized spacial score (nSPS) is 16.7. The maximum absolute atomic E-state index is 12.6. The number of likely N-dealkylation sites (tertiary alicyclic amines) is 1. The molecule has 0 saturated carbocycles. The number of nitrogens with zero attached hydrogens (tertiary/aromatic N) is 1. The lowest BCUT2D eigenvalue weighted by atomic mass is 10.1. The van der Waals surface area contributed by atoms with Crippen LogP contribution < -0.4 is 10.1 Å². The molecule has 5 nitrogen and oxygen atoms in total. The van der Waals surface area contributed by atoms with E-state index in [9.17, 15) is 9.59 Å². The molecule has 3 rings (SSSR count).